The SMILES string of the molecule is CCOC(=O)c1cnn2c1nc(N1CCCCC1)c1cnc3c(cnn3CC)c12. The van der Waals surface area contributed by atoms with Crippen LogP contribution >= 0.6 is 0 Å². The lowest BCUT2D eigenvalue weighted by molar-refractivity contribution is 0.0528. The molecule has 0 aromatic carbocycles. The lowest BCUT2D eigenvalue weighted by Crippen LogP contribution is -2.30. The molecule has 0 spiro atoms. The lowest BCUT2D eigenvalue weighted by Gasteiger charge is -2.28. The van der Waals surface area contributed by atoms with E-state index in [0.29, 0.717) is 17.8 Å². The summed E-state index contributed by atoms with van der Waals surface area (Å²) in [6.07, 6.45) is 8.69. The lowest BCUT2D eigenvalue weighted by atomic mass is 10.1. The van der Waals surface area contributed by atoms with E-state index in [2.05, 4.69) is 20.1 Å². The van der Waals surface area contributed by atoms with Crippen LogP contribution in [0.1, 0.15) is 43.5 Å². The summed E-state index contributed by atoms with van der Waals surface area (Å²) in [5.41, 5.74) is 2.55. The van der Waals surface area contributed by atoms with E-state index in [0.717, 1.165) is 60.2 Å². The summed E-state index contributed by atoms with van der Waals surface area (Å²) >= 11 is 0. The second-order valence-corrected chi connectivity index (χ2v) is 7.22. The predicted octanol–water partition coefficient (Wildman–Crippen LogP) is 2.81. The number of pyridine rings is 1. The van der Waals surface area contributed by atoms with Crippen molar-refractivity contribution >= 4 is 39.4 Å². The fourth-order valence-electron chi connectivity index (χ4n) is 4.11. The molecule has 0 aliphatic carbocycles. The summed E-state index contributed by atoms with van der Waals surface area (Å²) in [6, 6.07) is 0. The Morgan fingerprint density at radius 2 is 1.86 bits per heavy atom. The van der Waals surface area contributed by atoms with Crippen molar-refractivity contribution in [3.05, 3.63) is 24.2 Å². The normalized spacial score (nSPS) is 14.9. The van der Waals surface area contributed by atoms with Crippen LogP contribution in [0, 0.1) is 0 Å². The van der Waals surface area contributed by atoms with Crippen molar-refractivity contribution in [1.29, 1.82) is 0 Å². The third-order valence-corrected chi connectivity index (χ3v) is 5.50. The first kappa shape index (κ1) is 17.8. The molecule has 1 aliphatic rings. The molecule has 5 heterocycles. The third-order valence-electron chi connectivity index (χ3n) is 5.50. The molecule has 1 saturated heterocycles. The molecule has 0 N–H and O–H groups in total. The molecule has 150 valence electrons. The van der Waals surface area contributed by atoms with Crippen LogP contribution in [0.2, 0.25) is 0 Å². The quantitative estimate of drug-likeness (QED) is 0.492. The van der Waals surface area contributed by atoms with Crippen LogP contribution in [0.3, 0.4) is 0 Å². The molecule has 0 unspecified atom stereocenters. The van der Waals surface area contributed by atoms with E-state index in [-0.39, 0.29) is 0 Å². The molecule has 9 heteroatoms. The average Bonchev–Trinajstić information content (AvgIpc) is 3.37. The highest BCUT2D eigenvalue weighted by Gasteiger charge is 2.24. The van der Waals surface area contributed by atoms with Crippen LogP contribution in [0.5, 0.6) is 0 Å². The number of piperidine rings is 1. The number of anilines is 1. The van der Waals surface area contributed by atoms with E-state index in [1.807, 2.05) is 24.0 Å². The van der Waals surface area contributed by atoms with Crippen molar-refractivity contribution in [2.24, 2.45) is 0 Å². The maximum Gasteiger partial charge on any atom is 0.343 e. The monoisotopic (exact) mass is 393 g/mol. The van der Waals surface area contributed by atoms with E-state index in [4.69, 9.17) is 9.72 Å². The summed E-state index contributed by atoms with van der Waals surface area (Å²) in [4.78, 5) is 24.3. The molecule has 1 aliphatic heterocycles. The summed E-state index contributed by atoms with van der Waals surface area (Å²) in [7, 11) is 0. The number of hydrogen-bond donors (Lipinski definition) is 0. The second kappa shape index (κ2) is 6.98. The number of aromatic nitrogens is 6. The molecule has 29 heavy (non-hydrogen) atoms. The Kier molecular flexibility index (Phi) is 4.30. The summed E-state index contributed by atoms with van der Waals surface area (Å²) in [5.74, 6) is 0.436. The van der Waals surface area contributed by atoms with Gasteiger partial charge >= 0.3 is 5.97 Å². The second-order valence-electron chi connectivity index (χ2n) is 7.22. The molecule has 4 aromatic heterocycles. The summed E-state index contributed by atoms with van der Waals surface area (Å²) in [6.45, 7) is 6.73. The van der Waals surface area contributed by atoms with Gasteiger partial charge in [-0.3, -0.25) is 0 Å². The average molecular weight is 393 g/mol. The highest BCUT2D eigenvalue weighted by atomic mass is 16.5. The van der Waals surface area contributed by atoms with E-state index >= 15 is 0 Å². The van der Waals surface area contributed by atoms with Gasteiger partial charge in [-0.25, -0.2) is 24.0 Å². The van der Waals surface area contributed by atoms with Gasteiger partial charge in [0, 0.05) is 25.8 Å². The highest BCUT2D eigenvalue weighted by molar-refractivity contribution is 6.08. The van der Waals surface area contributed by atoms with E-state index in [9.17, 15) is 4.79 Å². The maximum absolute atomic E-state index is 12.5. The van der Waals surface area contributed by atoms with Crippen molar-refractivity contribution in [2.75, 3.05) is 24.6 Å². The third kappa shape index (κ3) is 2.72. The molecular weight excluding hydrogens is 370 g/mol. The molecule has 9 nitrogen and oxygen atoms in total. The van der Waals surface area contributed by atoms with Crippen LogP contribution in [0.15, 0.2) is 18.6 Å². The molecule has 0 bridgehead atoms. The van der Waals surface area contributed by atoms with Gasteiger partial charge in [0.15, 0.2) is 11.3 Å². The number of ether oxygens (including phenoxy) is 1. The number of aryl methyl sites for hydroxylation is 1. The largest absolute Gasteiger partial charge is 0.462 e. The minimum Gasteiger partial charge on any atom is -0.462 e. The van der Waals surface area contributed by atoms with Crippen molar-refractivity contribution in [2.45, 2.75) is 39.7 Å². The Labute approximate surface area is 167 Å². The van der Waals surface area contributed by atoms with Crippen LogP contribution in [0.4, 0.5) is 5.82 Å². The smallest absolute Gasteiger partial charge is 0.343 e. The minimum absolute atomic E-state index is 0.306. The Balaban J connectivity index is 1.86. The zero-order valence-corrected chi connectivity index (χ0v) is 16.6. The molecule has 4 aromatic rings. The van der Waals surface area contributed by atoms with Crippen LogP contribution in [0.25, 0.3) is 27.6 Å². The molecule has 1 fully saturated rings. The van der Waals surface area contributed by atoms with Crippen LogP contribution in [-0.2, 0) is 11.3 Å². The first-order valence-corrected chi connectivity index (χ1v) is 10.2. The number of hydrogen-bond acceptors (Lipinski definition) is 7. The highest BCUT2D eigenvalue weighted by Crippen LogP contribution is 2.32. The number of fused-ring (bicyclic) bond motifs is 5. The fraction of sp³-hybridized carbons (Fsp3) is 0.450. The van der Waals surface area contributed by atoms with Gasteiger partial charge in [0.2, 0.25) is 0 Å². The number of nitrogens with zero attached hydrogens (tertiary/aromatic N) is 7. The minimum atomic E-state index is -0.409. The Bertz CT molecular complexity index is 1220. The number of carbonyl (C=O) groups is 1. The Morgan fingerprint density at radius 3 is 2.62 bits per heavy atom. The first-order chi connectivity index (χ1) is 14.2. The zero-order valence-electron chi connectivity index (χ0n) is 16.6. The van der Waals surface area contributed by atoms with Crippen LogP contribution < -0.4 is 4.90 Å². The first-order valence-electron chi connectivity index (χ1n) is 10.2. The summed E-state index contributed by atoms with van der Waals surface area (Å²) < 4.78 is 8.81. The number of carbonyl (C=O) groups excluding carboxylic acids is 1. The van der Waals surface area contributed by atoms with Gasteiger partial charge in [-0.05, 0) is 33.1 Å². The number of rotatable bonds is 4. The van der Waals surface area contributed by atoms with E-state index in [1.54, 1.807) is 11.4 Å². The standard InChI is InChI=1S/C20H23N7O2/c1-3-26-17-14(11-22-26)16-13(10-21-17)18(25-8-6-5-7-9-25)24-19-15(12-23-27(16)19)20(28)29-4-2/h10-12H,3-9H2,1-2H3. The Morgan fingerprint density at radius 1 is 1.03 bits per heavy atom. The Hall–Kier alpha value is -3.23. The van der Waals surface area contributed by atoms with Crippen molar-refractivity contribution in [3.8, 4) is 0 Å². The van der Waals surface area contributed by atoms with Crippen molar-refractivity contribution < 1.29 is 9.53 Å². The topological polar surface area (TPSA) is 90.4 Å². The van der Waals surface area contributed by atoms with E-state index in [1.165, 1.54) is 12.6 Å². The molecule has 0 atom stereocenters. The van der Waals surface area contributed by atoms with E-state index < -0.39 is 5.97 Å². The molecule has 0 saturated carbocycles. The van der Waals surface area contributed by atoms with Gasteiger partial charge in [-0.2, -0.15) is 10.2 Å². The maximum atomic E-state index is 12.5. The van der Waals surface area contributed by atoms with Gasteiger partial charge < -0.3 is 9.64 Å². The fourth-order valence-corrected chi connectivity index (χ4v) is 4.11. The number of esters is 1. The van der Waals surface area contributed by atoms with Gasteiger partial charge in [-0.15, -0.1) is 0 Å². The van der Waals surface area contributed by atoms with Gasteiger partial charge in [-0.1, -0.05) is 0 Å². The van der Waals surface area contributed by atoms with Crippen molar-refractivity contribution in [3.63, 3.8) is 0 Å². The predicted molar refractivity (Wildman–Crippen MR) is 109 cm³/mol. The summed E-state index contributed by atoms with van der Waals surface area (Å²) in [5, 5.41) is 10.8. The van der Waals surface area contributed by atoms with Crippen LogP contribution in [-0.4, -0.2) is 55.0 Å². The molecule has 0 radical (unpaired) electrons. The molecular formula is C20H23N7O2. The molecule has 5 rings (SSSR count). The van der Waals surface area contributed by atoms with Gasteiger partial charge in [0.1, 0.15) is 11.4 Å². The van der Waals surface area contributed by atoms with Gasteiger partial charge in [0.25, 0.3) is 0 Å². The zero-order chi connectivity index (χ0) is 20.0. The van der Waals surface area contributed by atoms with Crippen molar-refractivity contribution in [1.82, 2.24) is 29.4 Å². The molecule has 0 amide bonds. The van der Waals surface area contributed by atoms with Gasteiger partial charge in [0.05, 0.1) is 35.3 Å².